The van der Waals surface area contributed by atoms with Gasteiger partial charge in [0.25, 0.3) is 20.0 Å². The molecule has 2 aromatic heterocycles. The van der Waals surface area contributed by atoms with E-state index < -0.39 is 37.9 Å². The molecule has 42 heavy (non-hydrogen) atoms. The number of carbonyl (C=O) groups excluding carboxylic acids is 2. The molecule has 1 unspecified atom stereocenters. The van der Waals surface area contributed by atoms with E-state index in [9.17, 15) is 26.4 Å². The van der Waals surface area contributed by atoms with Crippen molar-refractivity contribution in [3.8, 4) is 0 Å². The Labute approximate surface area is 250 Å². The van der Waals surface area contributed by atoms with E-state index in [1.54, 1.807) is 83.6 Å². The van der Waals surface area contributed by atoms with Crippen molar-refractivity contribution in [3.63, 3.8) is 0 Å². The summed E-state index contributed by atoms with van der Waals surface area (Å²) < 4.78 is 62.3. The van der Waals surface area contributed by atoms with Gasteiger partial charge in [-0.25, -0.2) is 21.6 Å². The van der Waals surface area contributed by atoms with Gasteiger partial charge in [0.1, 0.15) is 8.42 Å². The lowest BCUT2D eigenvalue weighted by molar-refractivity contribution is 0.0280. The minimum atomic E-state index is -4.04. The van der Waals surface area contributed by atoms with Crippen LogP contribution in [0.3, 0.4) is 0 Å². The molecule has 2 N–H and O–H groups in total. The van der Waals surface area contributed by atoms with Crippen molar-refractivity contribution in [2.24, 2.45) is 0 Å². The second-order valence-corrected chi connectivity index (χ2v) is 14.5. The molecule has 214 valence electrons. The highest BCUT2D eigenvalue weighted by atomic mass is 32.3. The second-order valence-electron chi connectivity index (χ2n) is 8.80. The van der Waals surface area contributed by atoms with Crippen LogP contribution in [-0.2, 0) is 24.8 Å². The van der Waals surface area contributed by atoms with E-state index in [0.29, 0.717) is 11.1 Å². The molecule has 0 aliphatic carbocycles. The van der Waals surface area contributed by atoms with Crippen molar-refractivity contribution in [2.75, 3.05) is 9.44 Å². The molecule has 5 rings (SSSR count). The van der Waals surface area contributed by atoms with E-state index in [-0.39, 0.29) is 25.4 Å². The van der Waals surface area contributed by atoms with Gasteiger partial charge in [0.05, 0.1) is 16.9 Å². The highest BCUT2D eigenvalue weighted by molar-refractivity contribution is 7.95. The Hall–Kier alpha value is -4.30. The molecule has 1 atom stereocenters. The van der Waals surface area contributed by atoms with Gasteiger partial charge in [0.2, 0.25) is 5.78 Å². The van der Waals surface area contributed by atoms with Crippen molar-refractivity contribution in [3.05, 3.63) is 131 Å². The molecule has 5 aromatic rings. The molecular formula is C29H22N2O7S4. The summed E-state index contributed by atoms with van der Waals surface area (Å²) in [6, 6.07) is 26.4. The molecule has 0 amide bonds. The summed E-state index contributed by atoms with van der Waals surface area (Å²) >= 11 is 1.98. The molecule has 0 saturated heterocycles. The molecular weight excluding hydrogens is 617 g/mol. The van der Waals surface area contributed by atoms with Crippen LogP contribution in [0.5, 0.6) is 0 Å². The third kappa shape index (κ3) is 6.77. The van der Waals surface area contributed by atoms with Crippen LogP contribution in [0.4, 0.5) is 11.4 Å². The number of hydrogen-bond donors (Lipinski definition) is 2. The molecule has 0 aliphatic rings. The van der Waals surface area contributed by atoms with Gasteiger partial charge in [-0.05, 0) is 41.1 Å². The van der Waals surface area contributed by atoms with Gasteiger partial charge in [0, 0.05) is 11.1 Å². The summed E-state index contributed by atoms with van der Waals surface area (Å²) in [4.78, 5) is 27.0. The maximum absolute atomic E-state index is 13.5. The van der Waals surface area contributed by atoms with E-state index in [1.165, 1.54) is 30.3 Å². The molecule has 0 saturated carbocycles. The third-order valence-electron chi connectivity index (χ3n) is 5.82. The SMILES string of the molecule is O=C(OC(C(=O)c1ccccc1)c1ccccc1)c1cc(NS(=O)(=O)c2cccs2)cc(NS(=O)(=O)c2cccs2)c1. The molecule has 0 bridgehead atoms. The summed E-state index contributed by atoms with van der Waals surface area (Å²) in [6.45, 7) is 0. The average molecular weight is 639 g/mol. The van der Waals surface area contributed by atoms with Crippen LogP contribution in [0, 0.1) is 0 Å². The monoisotopic (exact) mass is 638 g/mol. The Morgan fingerprint density at radius 1 is 0.619 bits per heavy atom. The lowest BCUT2D eigenvalue weighted by Crippen LogP contribution is -2.21. The number of thiophene rings is 2. The molecule has 0 radical (unpaired) electrons. The zero-order valence-electron chi connectivity index (χ0n) is 21.5. The summed E-state index contributed by atoms with van der Waals surface area (Å²) in [5.41, 5.74) is 0.376. The van der Waals surface area contributed by atoms with Gasteiger partial charge in [-0.3, -0.25) is 14.2 Å². The van der Waals surface area contributed by atoms with Crippen LogP contribution >= 0.6 is 22.7 Å². The van der Waals surface area contributed by atoms with E-state index in [2.05, 4.69) is 9.44 Å². The molecule has 0 aliphatic heterocycles. The number of rotatable bonds is 11. The molecule has 13 heteroatoms. The third-order valence-corrected chi connectivity index (χ3v) is 11.4. The molecule has 9 nitrogen and oxygen atoms in total. The Morgan fingerprint density at radius 3 is 1.60 bits per heavy atom. The van der Waals surface area contributed by atoms with Gasteiger partial charge in [-0.2, -0.15) is 0 Å². The van der Waals surface area contributed by atoms with Gasteiger partial charge in [-0.15, -0.1) is 22.7 Å². The van der Waals surface area contributed by atoms with Crippen molar-refractivity contribution < 1.29 is 31.2 Å². The fourth-order valence-corrected chi connectivity index (χ4v) is 8.00. The molecule has 0 spiro atoms. The maximum Gasteiger partial charge on any atom is 0.339 e. The Kier molecular flexibility index (Phi) is 8.54. The lowest BCUT2D eigenvalue weighted by atomic mass is 9.99. The van der Waals surface area contributed by atoms with Crippen LogP contribution in [0.2, 0.25) is 0 Å². The van der Waals surface area contributed by atoms with E-state index in [0.717, 1.165) is 22.7 Å². The van der Waals surface area contributed by atoms with Crippen LogP contribution in [0.15, 0.2) is 122 Å². The summed E-state index contributed by atoms with van der Waals surface area (Å²) in [5.74, 6) is -1.44. The largest absolute Gasteiger partial charge is 0.445 e. The topological polar surface area (TPSA) is 136 Å². The first-order valence-electron chi connectivity index (χ1n) is 12.3. The average Bonchev–Trinajstić information content (AvgIpc) is 3.72. The normalized spacial score (nSPS) is 12.3. The Morgan fingerprint density at radius 2 is 1.12 bits per heavy atom. The number of nitrogens with one attached hydrogen (secondary N) is 2. The second kappa shape index (κ2) is 12.3. The quantitative estimate of drug-likeness (QED) is 0.130. The molecule has 0 fully saturated rings. The standard InChI is InChI=1S/C29H22N2O7S4/c32-27(20-9-3-1-4-10-20)28(21-11-5-2-6-12-21)38-29(33)22-17-23(30-41(34,35)25-13-7-15-39-25)19-24(18-22)31-42(36,37)26-14-8-16-40-26/h1-19,28,30-31H. The zero-order valence-corrected chi connectivity index (χ0v) is 24.8. The van der Waals surface area contributed by atoms with Gasteiger partial charge in [0.15, 0.2) is 6.10 Å². The number of sulfonamides is 2. The number of ketones is 1. The zero-order chi connectivity index (χ0) is 29.7. The molecule has 3 aromatic carbocycles. The van der Waals surface area contributed by atoms with Crippen LogP contribution in [0.1, 0.15) is 32.4 Å². The van der Waals surface area contributed by atoms with Crippen molar-refractivity contribution >= 4 is 65.8 Å². The smallest absolute Gasteiger partial charge is 0.339 e. The van der Waals surface area contributed by atoms with E-state index >= 15 is 0 Å². The number of anilines is 2. The Bertz CT molecular complexity index is 1820. The molecule has 2 heterocycles. The predicted octanol–water partition coefficient (Wildman–Crippen LogP) is 6.19. The predicted molar refractivity (Wildman–Crippen MR) is 162 cm³/mol. The number of esters is 1. The minimum absolute atomic E-state index is 0.0220. The number of carbonyl (C=O) groups is 2. The highest BCUT2D eigenvalue weighted by Gasteiger charge is 2.28. The Balaban J connectivity index is 1.52. The fourth-order valence-electron chi connectivity index (χ4n) is 3.94. The van der Waals surface area contributed by atoms with Crippen molar-refractivity contribution in [2.45, 2.75) is 14.5 Å². The van der Waals surface area contributed by atoms with E-state index in [4.69, 9.17) is 4.74 Å². The summed E-state index contributed by atoms with van der Waals surface area (Å²) in [7, 11) is -8.09. The van der Waals surface area contributed by atoms with Crippen molar-refractivity contribution in [1.82, 2.24) is 0 Å². The van der Waals surface area contributed by atoms with Crippen LogP contribution in [-0.4, -0.2) is 28.6 Å². The summed E-state index contributed by atoms with van der Waals surface area (Å²) in [6.07, 6.45) is -1.32. The minimum Gasteiger partial charge on any atom is -0.445 e. The van der Waals surface area contributed by atoms with Gasteiger partial charge < -0.3 is 4.74 Å². The number of benzene rings is 3. The number of Topliss-reactive ketones (excluding diaryl/α,β-unsaturated/α-hetero) is 1. The highest BCUT2D eigenvalue weighted by Crippen LogP contribution is 2.29. The first-order valence-corrected chi connectivity index (χ1v) is 17.0. The summed E-state index contributed by atoms with van der Waals surface area (Å²) in [5, 5.41) is 3.19. The van der Waals surface area contributed by atoms with Crippen molar-refractivity contribution in [1.29, 1.82) is 0 Å². The van der Waals surface area contributed by atoms with E-state index in [1.807, 2.05) is 0 Å². The number of ether oxygens (including phenoxy) is 1. The first kappa shape index (κ1) is 29.2. The number of hydrogen-bond acceptors (Lipinski definition) is 9. The van der Waals surface area contributed by atoms with Gasteiger partial charge in [-0.1, -0.05) is 72.8 Å². The van der Waals surface area contributed by atoms with Crippen LogP contribution < -0.4 is 9.44 Å². The first-order chi connectivity index (χ1) is 20.1. The van der Waals surface area contributed by atoms with Crippen LogP contribution in [0.25, 0.3) is 0 Å². The fraction of sp³-hybridized carbons (Fsp3) is 0.0345. The maximum atomic E-state index is 13.5. The van der Waals surface area contributed by atoms with Gasteiger partial charge >= 0.3 is 5.97 Å². The lowest BCUT2D eigenvalue weighted by Gasteiger charge is -2.18.